The SMILES string of the molecule is CCOC(=O)c1c2cc(OC)ccc2nc2[nH]c3ccccc3c12. The van der Waals surface area contributed by atoms with Crippen LogP contribution < -0.4 is 4.74 Å². The van der Waals surface area contributed by atoms with E-state index in [-0.39, 0.29) is 5.97 Å². The highest BCUT2D eigenvalue weighted by atomic mass is 16.5. The molecule has 0 fully saturated rings. The molecule has 5 heteroatoms. The van der Waals surface area contributed by atoms with Gasteiger partial charge in [0.25, 0.3) is 0 Å². The maximum Gasteiger partial charge on any atom is 0.339 e. The number of aromatic nitrogens is 2. The van der Waals surface area contributed by atoms with Crippen molar-refractivity contribution in [2.24, 2.45) is 0 Å². The Morgan fingerprint density at radius 1 is 1.17 bits per heavy atom. The van der Waals surface area contributed by atoms with Gasteiger partial charge in [-0.15, -0.1) is 0 Å². The van der Waals surface area contributed by atoms with Crippen molar-refractivity contribution in [3.8, 4) is 5.75 Å². The highest BCUT2D eigenvalue weighted by molar-refractivity contribution is 6.22. The molecule has 0 atom stereocenters. The number of aromatic amines is 1. The minimum Gasteiger partial charge on any atom is -0.497 e. The van der Waals surface area contributed by atoms with E-state index in [0.717, 1.165) is 27.2 Å². The molecule has 4 aromatic rings. The van der Waals surface area contributed by atoms with Gasteiger partial charge < -0.3 is 14.5 Å². The summed E-state index contributed by atoms with van der Waals surface area (Å²) in [5.41, 5.74) is 2.86. The summed E-state index contributed by atoms with van der Waals surface area (Å²) in [6.07, 6.45) is 0. The van der Waals surface area contributed by atoms with Gasteiger partial charge in [0, 0.05) is 21.7 Å². The molecule has 24 heavy (non-hydrogen) atoms. The molecule has 0 amide bonds. The number of nitrogens with zero attached hydrogens (tertiary/aromatic N) is 1. The van der Waals surface area contributed by atoms with Gasteiger partial charge in [0.1, 0.15) is 11.4 Å². The van der Waals surface area contributed by atoms with Crippen molar-refractivity contribution in [3.05, 3.63) is 48.0 Å². The summed E-state index contributed by atoms with van der Waals surface area (Å²) in [6, 6.07) is 13.4. The van der Waals surface area contributed by atoms with Crippen molar-refractivity contribution in [1.29, 1.82) is 0 Å². The third kappa shape index (κ3) is 2.09. The summed E-state index contributed by atoms with van der Waals surface area (Å²) in [4.78, 5) is 20.7. The van der Waals surface area contributed by atoms with E-state index in [1.54, 1.807) is 14.0 Å². The van der Waals surface area contributed by atoms with E-state index in [1.165, 1.54) is 0 Å². The van der Waals surface area contributed by atoms with Crippen LogP contribution in [0.2, 0.25) is 0 Å². The zero-order chi connectivity index (χ0) is 16.7. The molecule has 2 heterocycles. The van der Waals surface area contributed by atoms with E-state index in [1.807, 2.05) is 42.5 Å². The van der Waals surface area contributed by atoms with Gasteiger partial charge in [-0.3, -0.25) is 0 Å². The number of fused-ring (bicyclic) bond motifs is 4. The fourth-order valence-electron chi connectivity index (χ4n) is 3.07. The molecule has 2 aromatic carbocycles. The molecule has 0 aliphatic carbocycles. The predicted molar refractivity (Wildman–Crippen MR) is 93.6 cm³/mol. The summed E-state index contributed by atoms with van der Waals surface area (Å²) in [5.74, 6) is 0.321. The summed E-state index contributed by atoms with van der Waals surface area (Å²) < 4.78 is 10.6. The van der Waals surface area contributed by atoms with Crippen molar-refractivity contribution in [2.45, 2.75) is 6.92 Å². The minimum absolute atomic E-state index is 0.316. The standard InChI is InChI=1S/C19H16N2O3/c1-3-24-19(22)17-13-10-11(23-2)8-9-15(13)21-18-16(17)12-6-4-5-7-14(12)20-18/h4-10H,3H2,1-2H3,(H,20,21). The monoisotopic (exact) mass is 320 g/mol. The van der Waals surface area contributed by atoms with Crippen LogP contribution in [0.4, 0.5) is 0 Å². The Bertz CT molecular complexity index is 1080. The first-order valence-electron chi connectivity index (χ1n) is 7.78. The molecule has 2 aromatic heterocycles. The molecule has 0 unspecified atom stereocenters. The summed E-state index contributed by atoms with van der Waals surface area (Å²) in [6.45, 7) is 2.12. The second-order valence-electron chi connectivity index (χ2n) is 5.48. The summed E-state index contributed by atoms with van der Waals surface area (Å²) in [5, 5.41) is 2.46. The highest BCUT2D eigenvalue weighted by Gasteiger charge is 2.21. The van der Waals surface area contributed by atoms with Crippen molar-refractivity contribution >= 4 is 38.8 Å². The lowest BCUT2D eigenvalue weighted by Crippen LogP contribution is -2.07. The van der Waals surface area contributed by atoms with Crippen molar-refractivity contribution in [2.75, 3.05) is 13.7 Å². The number of benzene rings is 2. The van der Waals surface area contributed by atoms with Gasteiger partial charge in [-0.2, -0.15) is 0 Å². The van der Waals surface area contributed by atoms with E-state index >= 15 is 0 Å². The number of rotatable bonds is 3. The predicted octanol–water partition coefficient (Wildman–Crippen LogP) is 4.05. The summed E-state index contributed by atoms with van der Waals surface area (Å²) >= 11 is 0. The Hall–Kier alpha value is -3.08. The van der Waals surface area contributed by atoms with Gasteiger partial charge in [0.05, 0.1) is 24.8 Å². The largest absolute Gasteiger partial charge is 0.497 e. The lowest BCUT2D eigenvalue weighted by atomic mass is 10.0. The number of esters is 1. The van der Waals surface area contributed by atoms with Crippen LogP contribution in [0, 0.1) is 0 Å². The van der Waals surface area contributed by atoms with Gasteiger partial charge in [-0.05, 0) is 31.2 Å². The number of H-pyrrole nitrogens is 1. The second-order valence-corrected chi connectivity index (χ2v) is 5.48. The molecule has 5 nitrogen and oxygen atoms in total. The number of nitrogens with one attached hydrogen (secondary N) is 1. The van der Waals surface area contributed by atoms with Crippen LogP contribution in [0.15, 0.2) is 42.5 Å². The number of methoxy groups -OCH3 is 1. The smallest absolute Gasteiger partial charge is 0.339 e. The quantitative estimate of drug-likeness (QED) is 0.578. The molecular formula is C19H16N2O3. The van der Waals surface area contributed by atoms with Gasteiger partial charge in [0.2, 0.25) is 0 Å². The first kappa shape index (κ1) is 14.5. The molecule has 4 rings (SSSR count). The molecule has 0 bridgehead atoms. The molecule has 120 valence electrons. The van der Waals surface area contributed by atoms with Crippen LogP contribution in [-0.4, -0.2) is 29.7 Å². The molecule has 0 radical (unpaired) electrons. The second kappa shape index (κ2) is 5.53. The fourth-order valence-corrected chi connectivity index (χ4v) is 3.07. The first-order valence-corrected chi connectivity index (χ1v) is 7.78. The molecule has 1 N–H and O–H groups in total. The van der Waals surface area contributed by atoms with Crippen molar-refractivity contribution < 1.29 is 14.3 Å². The number of para-hydroxylation sites is 1. The topological polar surface area (TPSA) is 64.2 Å². The average molecular weight is 320 g/mol. The lowest BCUT2D eigenvalue weighted by Gasteiger charge is -2.09. The van der Waals surface area contributed by atoms with Gasteiger partial charge in [0.15, 0.2) is 0 Å². The first-order chi connectivity index (χ1) is 11.7. The number of carbonyl (C=O) groups excluding carboxylic acids is 1. The Labute approximate surface area is 138 Å². The van der Waals surface area contributed by atoms with E-state index in [4.69, 9.17) is 9.47 Å². The minimum atomic E-state index is -0.354. The Morgan fingerprint density at radius 3 is 2.79 bits per heavy atom. The number of carbonyl (C=O) groups is 1. The molecule has 0 saturated heterocycles. The van der Waals surface area contributed by atoms with E-state index in [0.29, 0.717) is 23.6 Å². The molecule has 0 saturated carbocycles. The number of hydrogen-bond donors (Lipinski definition) is 1. The van der Waals surface area contributed by atoms with Gasteiger partial charge >= 0.3 is 5.97 Å². The summed E-state index contributed by atoms with van der Waals surface area (Å²) in [7, 11) is 1.60. The number of ether oxygens (including phenoxy) is 2. The zero-order valence-corrected chi connectivity index (χ0v) is 13.4. The Morgan fingerprint density at radius 2 is 2.00 bits per heavy atom. The average Bonchev–Trinajstić information content (AvgIpc) is 2.97. The van der Waals surface area contributed by atoms with Crippen LogP contribution in [0.5, 0.6) is 5.75 Å². The zero-order valence-electron chi connectivity index (χ0n) is 13.4. The van der Waals surface area contributed by atoms with E-state index in [9.17, 15) is 4.79 Å². The van der Waals surface area contributed by atoms with E-state index < -0.39 is 0 Å². The third-order valence-corrected chi connectivity index (χ3v) is 4.12. The van der Waals surface area contributed by atoms with Gasteiger partial charge in [-0.1, -0.05) is 18.2 Å². The Kier molecular flexibility index (Phi) is 3.34. The maximum atomic E-state index is 12.7. The molecule has 0 aliphatic rings. The third-order valence-electron chi connectivity index (χ3n) is 4.12. The maximum absolute atomic E-state index is 12.7. The van der Waals surface area contributed by atoms with Crippen molar-refractivity contribution in [1.82, 2.24) is 9.97 Å². The van der Waals surface area contributed by atoms with Crippen LogP contribution in [0.1, 0.15) is 17.3 Å². The molecular weight excluding hydrogens is 304 g/mol. The lowest BCUT2D eigenvalue weighted by molar-refractivity contribution is 0.0531. The number of pyridine rings is 1. The fraction of sp³-hybridized carbons (Fsp3) is 0.158. The van der Waals surface area contributed by atoms with Crippen molar-refractivity contribution in [3.63, 3.8) is 0 Å². The van der Waals surface area contributed by atoms with Crippen LogP contribution in [0.25, 0.3) is 32.8 Å². The number of hydrogen-bond acceptors (Lipinski definition) is 4. The van der Waals surface area contributed by atoms with Gasteiger partial charge in [-0.25, -0.2) is 9.78 Å². The normalized spacial score (nSPS) is 11.2. The molecule has 0 aliphatic heterocycles. The van der Waals surface area contributed by atoms with Crippen LogP contribution in [-0.2, 0) is 4.74 Å². The van der Waals surface area contributed by atoms with Crippen LogP contribution >= 0.6 is 0 Å². The Balaban J connectivity index is 2.20. The van der Waals surface area contributed by atoms with E-state index in [2.05, 4.69) is 9.97 Å². The highest BCUT2D eigenvalue weighted by Crippen LogP contribution is 2.34. The molecule has 0 spiro atoms. The van der Waals surface area contributed by atoms with Crippen LogP contribution in [0.3, 0.4) is 0 Å².